The van der Waals surface area contributed by atoms with Gasteiger partial charge in [0.05, 0.1) is 18.6 Å². The number of rotatable bonds is 8. The number of amides is 5. The van der Waals surface area contributed by atoms with Crippen LogP contribution in [0.25, 0.3) is 0 Å². The standard InChI is InChI=1S/C38H46FN5O6/c1-25(2)22-32-38(49)43-30(23-27-10-5-4-6-11-27)36(47)40-19-9-21-50-33-13-8-7-12-29(33)35(46)42-31(24-34(45)44(32)3)37(48)41-20-18-26-14-16-28(39)17-15-26/h4-8,10-17,25,30-32H,9,18-24H2,1-3H3,(H,40,47)(H,41,48)(H,42,46)(H,43,49)/t30-,31-,32-/m0/s1. The lowest BCUT2D eigenvalue weighted by atomic mass is 9.99. The fraction of sp³-hybridized carbons (Fsp3) is 0.395. The summed E-state index contributed by atoms with van der Waals surface area (Å²) in [7, 11) is 1.48. The van der Waals surface area contributed by atoms with Gasteiger partial charge in [-0.2, -0.15) is 0 Å². The van der Waals surface area contributed by atoms with Crippen molar-refractivity contribution >= 4 is 29.5 Å². The molecule has 0 saturated carbocycles. The number of carbonyl (C=O) groups excluding carboxylic acids is 5. The summed E-state index contributed by atoms with van der Waals surface area (Å²) in [5, 5.41) is 11.2. The number of hydrogen-bond donors (Lipinski definition) is 4. The number of fused-ring (bicyclic) bond motifs is 1. The molecule has 0 fully saturated rings. The highest BCUT2D eigenvalue weighted by molar-refractivity contribution is 6.01. The maximum Gasteiger partial charge on any atom is 0.255 e. The van der Waals surface area contributed by atoms with Crippen LogP contribution in [0.1, 0.15) is 54.6 Å². The molecule has 1 aliphatic rings. The van der Waals surface area contributed by atoms with Crippen LogP contribution in [-0.4, -0.2) is 79.3 Å². The van der Waals surface area contributed by atoms with E-state index in [4.69, 9.17) is 4.74 Å². The van der Waals surface area contributed by atoms with Crippen LogP contribution < -0.4 is 26.0 Å². The van der Waals surface area contributed by atoms with Gasteiger partial charge in [0.15, 0.2) is 0 Å². The van der Waals surface area contributed by atoms with E-state index in [1.54, 1.807) is 36.4 Å². The minimum Gasteiger partial charge on any atom is -0.493 e. The molecule has 3 aromatic rings. The summed E-state index contributed by atoms with van der Waals surface area (Å²) in [6.45, 7) is 4.43. The van der Waals surface area contributed by atoms with E-state index >= 15 is 0 Å². The van der Waals surface area contributed by atoms with Gasteiger partial charge in [0, 0.05) is 26.6 Å². The van der Waals surface area contributed by atoms with E-state index < -0.39 is 48.2 Å². The van der Waals surface area contributed by atoms with Crippen LogP contribution in [0.2, 0.25) is 0 Å². The summed E-state index contributed by atoms with van der Waals surface area (Å²) in [6.07, 6.45) is 0.898. The average molecular weight is 688 g/mol. The molecule has 0 spiro atoms. The zero-order valence-corrected chi connectivity index (χ0v) is 28.7. The van der Waals surface area contributed by atoms with Crippen molar-refractivity contribution in [2.24, 2.45) is 5.92 Å². The number of nitrogens with one attached hydrogen (secondary N) is 4. The Kier molecular flexibility index (Phi) is 13.9. The topological polar surface area (TPSA) is 146 Å². The van der Waals surface area contributed by atoms with E-state index in [0.29, 0.717) is 19.3 Å². The monoisotopic (exact) mass is 687 g/mol. The van der Waals surface area contributed by atoms with E-state index in [0.717, 1.165) is 11.1 Å². The maximum absolute atomic E-state index is 13.9. The molecule has 4 rings (SSSR count). The number of hydrogen-bond acceptors (Lipinski definition) is 6. The molecule has 5 amide bonds. The highest BCUT2D eigenvalue weighted by Crippen LogP contribution is 2.19. The normalized spacial score (nSPS) is 19.6. The quantitative estimate of drug-likeness (QED) is 0.286. The van der Waals surface area contributed by atoms with Gasteiger partial charge in [-0.1, -0.05) is 68.4 Å². The van der Waals surface area contributed by atoms with Crippen LogP contribution in [-0.2, 0) is 32.0 Å². The smallest absolute Gasteiger partial charge is 0.255 e. The summed E-state index contributed by atoms with van der Waals surface area (Å²) in [5.74, 6) is -2.75. The van der Waals surface area contributed by atoms with Crippen molar-refractivity contribution in [1.82, 2.24) is 26.2 Å². The molecule has 266 valence electrons. The van der Waals surface area contributed by atoms with Crippen molar-refractivity contribution in [2.45, 2.75) is 64.1 Å². The van der Waals surface area contributed by atoms with Crippen molar-refractivity contribution in [3.05, 3.63) is 101 Å². The second-order valence-electron chi connectivity index (χ2n) is 12.8. The van der Waals surface area contributed by atoms with Gasteiger partial charge in [0.25, 0.3) is 5.91 Å². The Hall–Kier alpha value is -5.26. The van der Waals surface area contributed by atoms with Gasteiger partial charge in [-0.3, -0.25) is 24.0 Å². The van der Waals surface area contributed by atoms with Crippen molar-refractivity contribution in [3.63, 3.8) is 0 Å². The largest absolute Gasteiger partial charge is 0.493 e. The molecule has 1 aliphatic heterocycles. The lowest BCUT2D eigenvalue weighted by molar-refractivity contribution is -0.141. The summed E-state index contributed by atoms with van der Waals surface area (Å²) in [5.41, 5.74) is 1.82. The predicted molar refractivity (Wildman–Crippen MR) is 187 cm³/mol. The highest BCUT2D eigenvalue weighted by atomic mass is 19.1. The second-order valence-corrected chi connectivity index (χ2v) is 12.8. The molecule has 0 saturated heterocycles. The molecule has 1 heterocycles. The van der Waals surface area contributed by atoms with Crippen LogP contribution >= 0.6 is 0 Å². The van der Waals surface area contributed by atoms with E-state index in [1.807, 2.05) is 44.2 Å². The van der Waals surface area contributed by atoms with Gasteiger partial charge in [-0.05, 0) is 60.6 Å². The number of para-hydroxylation sites is 1. The maximum atomic E-state index is 13.9. The Morgan fingerprint density at radius 1 is 0.920 bits per heavy atom. The molecule has 4 N–H and O–H groups in total. The van der Waals surface area contributed by atoms with Crippen LogP contribution in [0.5, 0.6) is 5.75 Å². The summed E-state index contributed by atoms with van der Waals surface area (Å²) >= 11 is 0. The summed E-state index contributed by atoms with van der Waals surface area (Å²) in [6, 6.07) is 18.6. The molecular formula is C38H46FN5O6. The molecule has 3 atom stereocenters. The van der Waals surface area contributed by atoms with E-state index in [9.17, 15) is 28.4 Å². The Labute approximate surface area is 292 Å². The Morgan fingerprint density at radius 2 is 1.62 bits per heavy atom. The highest BCUT2D eigenvalue weighted by Gasteiger charge is 2.34. The zero-order chi connectivity index (χ0) is 36.0. The van der Waals surface area contributed by atoms with E-state index in [-0.39, 0.29) is 55.1 Å². The first-order valence-corrected chi connectivity index (χ1v) is 16.9. The molecule has 11 nitrogen and oxygen atoms in total. The number of nitrogens with zero attached hydrogens (tertiary/aromatic N) is 1. The Morgan fingerprint density at radius 3 is 2.34 bits per heavy atom. The lowest BCUT2D eigenvalue weighted by Crippen LogP contribution is -2.56. The van der Waals surface area contributed by atoms with Crippen LogP contribution in [0.3, 0.4) is 0 Å². The van der Waals surface area contributed by atoms with Crippen LogP contribution in [0.4, 0.5) is 4.39 Å². The van der Waals surface area contributed by atoms with Crippen molar-refractivity contribution < 1.29 is 33.1 Å². The molecule has 50 heavy (non-hydrogen) atoms. The average Bonchev–Trinajstić information content (AvgIpc) is 3.10. The van der Waals surface area contributed by atoms with Gasteiger partial charge < -0.3 is 30.9 Å². The zero-order valence-electron chi connectivity index (χ0n) is 28.7. The number of carbonyl (C=O) groups is 5. The molecule has 12 heteroatoms. The van der Waals surface area contributed by atoms with Gasteiger partial charge in [0.2, 0.25) is 23.6 Å². The molecule has 0 aliphatic carbocycles. The van der Waals surface area contributed by atoms with E-state index in [1.165, 1.54) is 24.1 Å². The van der Waals surface area contributed by atoms with Crippen molar-refractivity contribution in [2.75, 3.05) is 26.7 Å². The number of halogens is 1. The van der Waals surface area contributed by atoms with Crippen LogP contribution in [0, 0.1) is 11.7 Å². The minimum atomic E-state index is -1.29. The lowest BCUT2D eigenvalue weighted by Gasteiger charge is -2.31. The Bertz CT molecular complexity index is 1620. The fourth-order valence-corrected chi connectivity index (χ4v) is 5.63. The molecule has 0 bridgehead atoms. The van der Waals surface area contributed by atoms with E-state index in [2.05, 4.69) is 21.3 Å². The van der Waals surface area contributed by atoms with Crippen molar-refractivity contribution in [1.29, 1.82) is 0 Å². The summed E-state index contributed by atoms with van der Waals surface area (Å²) in [4.78, 5) is 69.5. The number of benzene rings is 3. The molecule has 0 aromatic heterocycles. The first kappa shape index (κ1) is 37.6. The fourth-order valence-electron chi connectivity index (χ4n) is 5.63. The molecule has 0 radical (unpaired) electrons. The van der Waals surface area contributed by atoms with Crippen LogP contribution in [0.15, 0.2) is 78.9 Å². The van der Waals surface area contributed by atoms with Gasteiger partial charge in [-0.15, -0.1) is 0 Å². The van der Waals surface area contributed by atoms with Gasteiger partial charge >= 0.3 is 0 Å². The third-order valence-electron chi connectivity index (χ3n) is 8.41. The molecular weight excluding hydrogens is 641 g/mol. The third kappa shape index (κ3) is 11.1. The molecule has 3 aromatic carbocycles. The Balaban J connectivity index is 1.62. The predicted octanol–water partition coefficient (Wildman–Crippen LogP) is 3.17. The SMILES string of the molecule is CC(C)C[C@H]1C(=O)N[C@@H](Cc2ccccc2)C(=O)NCCCOc2ccccc2C(=O)N[C@H](C(=O)NCCc2ccc(F)cc2)CC(=O)N1C. The first-order chi connectivity index (χ1) is 24.0. The first-order valence-electron chi connectivity index (χ1n) is 16.9. The number of ether oxygens (including phenoxy) is 1. The van der Waals surface area contributed by atoms with Gasteiger partial charge in [0.1, 0.15) is 29.7 Å². The minimum absolute atomic E-state index is 0.00187. The third-order valence-corrected chi connectivity index (χ3v) is 8.41. The number of likely N-dealkylation sites (N-methyl/N-ethyl adjacent to an activating group) is 1. The molecule has 0 unspecified atom stereocenters. The second kappa shape index (κ2) is 18.5. The van der Waals surface area contributed by atoms with Crippen molar-refractivity contribution in [3.8, 4) is 5.75 Å². The van der Waals surface area contributed by atoms with Gasteiger partial charge in [-0.25, -0.2) is 4.39 Å². The summed E-state index contributed by atoms with van der Waals surface area (Å²) < 4.78 is 19.3.